The van der Waals surface area contributed by atoms with Crippen molar-refractivity contribution in [1.29, 1.82) is 0 Å². The monoisotopic (exact) mass is 565 g/mol. The molecule has 3 N–H and O–H groups in total. The number of hydrogen-bond acceptors (Lipinski definition) is 7. The van der Waals surface area contributed by atoms with Gasteiger partial charge in [-0.3, -0.25) is 9.69 Å². The van der Waals surface area contributed by atoms with Crippen molar-refractivity contribution in [1.82, 2.24) is 10.2 Å². The zero-order valence-corrected chi connectivity index (χ0v) is 24.1. The number of anilines is 1. The number of nitrogens with one attached hydrogen (secondary N) is 2. The first-order valence-corrected chi connectivity index (χ1v) is 14.6. The highest BCUT2D eigenvalue weighted by atomic mass is 16.7. The maximum atomic E-state index is 12.4. The molecule has 4 rings (SSSR count). The first-order valence-electron chi connectivity index (χ1n) is 14.6. The van der Waals surface area contributed by atoms with Crippen molar-refractivity contribution in [2.45, 2.75) is 70.7 Å². The van der Waals surface area contributed by atoms with Crippen LogP contribution >= 0.6 is 0 Å². The van der Waals surface area contributed by atoms with Crippen LogP contribution in [0.15, 0.2) is 61.2 Å². The van der Waals surface area contributed by atoms with Gasteiger partial charge >= 0.3 is 12.0 Å². The molecule has 0 spiro atoms. The summed E-state index contributed by atoms with van der Waals surface area (Å²) in [5.74, 6) is -0.434. The zero-order valence-electron chi connectivity index (χ0n) is 24.1. The van der Waals surface area contributed by atoms with Gasteiger partial charge in [0.2, 0.25) is 0 Å². The number of rotatable bonds is 12. The van der Waals surface area contributed by atoms with E-state index in [0.717, 1.165) is 29.8 Å². The van der Waals surface area contributed by atoms with Crippen molar-refractivity contribution < 1.29 is 28.9 Å². The Labute approximate surface area is 242 Å². The molecule has 222 valence electrons. The Bertz CT molecular complexity index is 1150. The summed E-state index contributed by atoms with van der Waals surface area (Å²) >= 11 is 0. The van der Waals surface area contributed by atoms with Crippen LogP contribution in [-0.4, -0.2) is 60.4 Å². The largest absolute Gasteiger partial charge is 0.465 e. The van der Waals surface area contributed by atoms with Crippen LogP contribution in [0.25, 0.3) is 0 Å². The van der Waals surface area contributed by atoms with Crippen LogP contribution in [0.1, 0.15) is 68.6 Å². The predicted molar refractivity (Wildman–Crippen MR) is 157 cm³/mol. The van der Waals surface area contributed by atoms with E-state index >= 15 is 0 Å². The maximum absolute atomic E-state index is 12.4. The van der Waals surface area contributed by atoms with Crippen molar-refractivity contribution in [2.75, 3.05) is 31.6 Å². The molecule has 2 aliphatic rings. The Kier molecular flexibility index (Phi) is 11.3. The zero-order chi connectivity index (χ0) is 29.2. The molecule has 0 radical (unpaired) electrons. The van der Waals surface area contributed by atoms with Crippen molar-refractivity contribution in [3.05, 3.63) is 77.9 Å². The van der Waals surface area contributed by atoms with Crippen LogP contribution in [0, 0.1) is 5.92 Å². The summed E-state index contributed by atoms with van der Waals surface area (Å²) in [4.78, 5) is 26.4. The summed E-state index contributed by atoms with van der Waals surface area (Å²) in [5.41, 5.74) is 3.20. The minimum Gasteiger partial charge on any atom is -0.465 e. The number of aliphatic hydroxyl groups excluding tert-OH is 1. The summed E-state index contributed by atoms with van der Waals surface area (Å²) < 4.78 is 18.1. The number of aliphatic hydroxyl groups is 1. The molecule has 9 nitrogen and oxygen atoms in total. The smallest absolute Gasteiger partial charge is 0.325 e. The van der Waals surface area contributed by atoms with Gasteiger partial charge in [0.25, 0.3) is 0 Å². The Balaban J connectivity index is 1.54. The Morgan fingerprint density at radius 3 is 2.56 bits per heavy atom. The van der Waals surface area contributed by atoms with Crippen LogP contribution in [0.4, 0.5) is 10.5 Å². The van der Waals surface area contributed by atoms with Gasteiger partial charge in [-0.15, -0.1) is 6.58 Å². The fourth-order valence-electron chi connectivity index (χ4n) is 5.67. The van der Waals surface area contributed by atoms with Crippen molar-refractivity contribution >= 4 is 17.7 Å². The minimum atomic E-state index is -0.655. The quantitative estimate of drug-likeness (QED) is 0.243. The average Bonchev–Trinajstić information content (AvgIpc) is 3.52. The van der Waals surface area contributed by atoms with Gasteiger partial charge < -0.3 is 30.0 Å². The number of urea groups is 1. The van der Waals surface area contributed by atoms with Crippen molar-refractivity contribution in [2.24, 2.45) is 5.92 Å². The summed E-state index contributed by atoms with van der Waals surface area (Å²) in [7, 11) is 0. The Morgan fingerprint density at radius 2 is 1.88 bits per heavy atom. The van der Waals surface area contributed by atoms with E-state index in [1.54, 1.807) is 13.0 Å². The number of carbonyl (C=O) groups excluding carboxylic acids is 2. The summed E-state index contributed by atoms with van der Waals surface area (Å²) in [5, 5.41) is 14.8. The van der Waals surface area contributed by atoms with E-state index in [4.69, 9.17) is 14.2 Å². The summed E-state index contributed by atoms with van der Waals surface area (Å²) in [6.45, 7) is 9.47. The third-order valence-electron chi connectivity index (χ3n) is 7.86. The number of ether oxygens (including phenoxy) is 3. The average molecular weight is 566 g/mol. The van der Waals surface area contributed by atoms with Crippen LogP contribution in [-0.2, 0) is 25.6 Å². The SMILES string of the molecule is C=CCN(C[C@H]1O[C@@H](c2cccc(NC(=O)NCC(=O)OCC)c2)O[C@@H](c2ccc(CO)cc2)[C@H]1C)C1CCCC1. The molecule has 2 aromatic carbocycles. The lowest BCUT2D eigenvalue weighted by molar-refractivity contribution is -0.276. The number of esters is 1. The van der Waals surface area contributed by atoms with E-state index in [1.165, 1.54) is 25.7 Å². The number of carbonyl (C=O) groups is 2. The number of nitrogens with zero attached hydrogens (tertiary/aromatic N) is 1. The van der Waals surface area contributed by atoms with Crippen LogP contribution in [0.2, 0.25) is 0 Å². The van der Waals surface area contributed by atoms with Crippen molar-refractivity contribution in [3.8, 4) is 0 Å². The normalized spacial score (nSPS) is 22.8. The molecule has 1 saturated carbocycles. The van der Waals surface area contributed by atoms with Gasteiger partial charge in [0.05, 0.1) is 25.4 Å². The number of amides is 2. The number of hydrogen-bond donors (Lipinski definition) is 3. The molecule has 1 aliphatic carbocycles. The minimum absolute atomic E-state index is 0.0131. The fourth-order valence-corrected chi connectivity index (χ4v) is 5.67. The molecular formula is C32H43N3O6. The van der Waals surface area contributed by atoms with Crippen LogP contribution < -0.4 is 10.6 Å². The first kappa shape index (κ1) is 30.7. The van der Waals surface area contributed by atoms with Gasteiger partial charge in [-0.05, 0) is 43.0 Å². The second-order valence-electron chi connectivity index (χ2n) is 10.7. The van der Waals surface area contributed by atoms with Crippen LogP contribution in [0.3, 0.4) is 0 Å². The Morgan fingerprint density at radius 1 is 1.12 bits per heavy atom. The van der Waals surface area contributed by atoms with Gasteiger partial charge in [0.15, 0.2) is 6.29 Å². The second-order valence-corrected chi connectivity index (χ2v) is 10.7. The first-order chi connectivity index (χ1) is 19.9. The Hall–Kier alpha value is -3.24. The molecule has 0 aromatic heterocycles. The van der Waals surface area contributed by atoms with Gasteiger partial charge in [0, 0.05) is 36.3 Å². The lowest BCUT2D eigenvalue weighted by atomic mass is 9.89. The molecule has 2 fully saturated rings. The van der Waals surface area contributed by atoms with E-state index in [0.29, 0.717) is 11.7 Å². The highest BCUT2D eigenvalue weighted by Gasteiger charge is 2.40. The lowest BCUT2D eigenvalue weighted by Crippen LogP contribution is -2.47. The van der Waals surface area contributed by atoms with Gasteiger partial charge in [-0.2, -0.15) is 0 Å². The van der Waals surface area contributed by atoms with Crippen molar-refractivity contribution in [3.63, 3.8) is 0 Å². The molecule has 2 aromatic rings. The van der Waals surface area contributed by atoms with Gasteiger partial charge in [-0.25, -0.2) is 4.79 Å². The molecule has 0 unspecified atom stereocenters. The molecule has 41 heavy (non-hydrogen) atoms. The van der Waals surface area contributed by atoms with Gasteiger partial charge in [0.1, 0.15) is 6.54 Å². The molecule has 1 saturated heterocycles. The van der Waals surface area contributed by atoms with E-state index < -0.39 is 18.3 Å². The molecule has 1 heterocycles. The highest BCUT2D eigenvalue weighted by Crippen LogP contribution is 2.42. The predicted octanol–water partition coefficient (Wildman–Crippen LogP) is 5.09. The lowest BCUT2D eigenvalue weighted by Gasteiger charge is -2.43. The molecule has 2 amide bonds. The second kappa shape index (κ2) is 15.1. The maximum Gasteiger partial charge on any atom is 0.325 e. The molecule has 9 heteroatoms. The molecule has 4 atom stereocenters. The fraction of sp³-hybridized carbons (Fsp3) is 0.500. The van der Waals surface area contributed by atoms with E-state index in [2.05, 4.69) is 29.0 Å². The third kappa shape index (κ3) is 8.39. The standard InChI is InChI=1S/C32H43N3O6/c1-4-17-35(27-11-6-7-12-27)20-28-22(3)30(24-15-13-23(21-36)14-16-24)41-31(40-28)25-9-8-10-26(18-25)34-32(38)33-19-29(37)39-5-2/h4,8-10,13-16,18,22,27-28,30-31,36H,1,5-7,11-12,17,19-21H2,2-3H3,(H2,33,34,38)/t22-,28+,30+,31+/m0/s1. The molecule has 1 aliphatic heterocycles. The van der Waals surface area contributed by atoms with Crippen LogP contribution in [0.5, 0.6) is 0 Å². The number of benzene rings is 2. The molecule has 0 bridgehead atoms. The molecular weight excluding hydrogens is 522 g/mol. The summed E-state index contributed by atoms with van der Waals surface area (Å²) in [6, 6.07) is 15.2. The third-order valence-corrected chi connectivity index (χ3v) is 7.86. The highest BCUT2D eigenvalue weighted by molar-refractivity contribution is 5.91. The summed E-state index contributed by atoms with van der Waals surface area (Å²) in [6.07, 6.45) is 5.84. The topological polar surface area (TPSA) is 109 Å². The van der Waals surface area contributed by atoms with Gasteiger partial charge in [-0.1, -0.05) is 62.2 Å². The van der Waals surface area contributed by atoms with E-state index in [1.807, 2.05) is 48.5 Å². The van der Waals surface area contributed by atoms with E-state index in [-0.39, 0.29) is 37.9 Å². The van der Waals surface area contributed by atoms with E-state index in [9.17, 15) is 14.7 Å².